The van der Waals surface area contributed by atoms with E-state index in [0.717, 1.165) is 6.42 Å². The molecule has 0 aromatic carbocycles. The maximum absolute atomic E-state index is 11.9. The number of hydrogen-bond donors (Lipinski definition) is 2. The Bertz CT molecular complexity index is 350. The van der Waals surface area contributed by atoms with Crippen LogP contribution in [0.15, 0.2) is 0 Å². The van der Waals surface area contributed by atoms with Crippen LogP contribution in [0.2, 0.25) is 0 Å². The molecule has 0 spiro atoms. The van der Waals surface area contributed by atoms with Crippen molar-refractivity contribution >= 4 is 11.7 Å². The fourth-order valence-corrected chi connectivity index (χ4v) is 3.47. The molecule has 2 aliphatic carbocycles. The molecule has 4 nitrogen and oxygen atoms in total. The molecule has 0 aromatic rings. The van der Waals surface area contributed by atoms with Crippen LogP contribution in [0, 0.1) is 16.2 Å². The van der Waals surface area contributed by atoms with Crippen molar-refractivity contribution in [3.8, 4) is 0 Å². The molecule has 2 saturated carbocycles. The monoisotopic (exact) mass is 211 g/mol. The number of carbonyl (C=O) groups is 2. The molecule has 0 radical (unpaired) electrons. The predicted molar refractivity (Wildman–Crippen MR) is 53.1 cm³/mol. The van der Waals surface area contributed by atoms with Gasteiger partial charge in [-0.15, -0.1) is 0 Å². The molecular weight excluding hydrogens is 194 g/mol. The molecule has 0 aliphatic heterocycles. The Hall–Kier alpha value is -0.900. The predicted octanol–water partition coefficient (Wildman–Crippen LogP) is 1.28. The molecule has 84 valence electrons. The first kappa shape index (κ1) is 10.6. The maximum atomic E-state index is 11.9. The molecule has 15 heavy (non-hydrogen) atoms. The highest BCUT2D eigenvalue weighted by Crippen LogP contribution is 2.70. The first-order valence-electron chi connectivity index (χ1n) is 5.30. The van der Waals surface area contributed by atoms with Crippen LogP contribution in [0.25, 0.3) is 0 Å². The average Bonchev–Trinajstić information content (AvgIpc) is 2.47. The van der Waals surface area contributed by atoms with Gasteiger partial charge in [-0.25, -0.2) is 5.48 Å². The van der Waals surface area contributed by atoms with Gasteiger partial charge in [-0.1, -0.05) is 20.8 Å². The number of nitrogens with one attached hydrogen (secondary N) is 1. The summed E-state index contributed by atoms with van der Waals surface area (Å²) in [6, 6.07) is 0. The number of carbonyl (C=O) groups excluding carboxylic acids is 2. The van der Waals surface area contributed by atoms with E-state index in [1.807, 2.05) is 20.8 Å². The summed E-state index contributed by atoms with van der Waals surface area (Å²) in [5, 5.41) is 8.80. The van der Waals surface area contributed by atoms with Gasteiger partial charge in [-0.3, -0.25) is 14.8 Å². The Morgan fingerprint density at radius 1 is 1.33 bits per heavy atom. The second-order valence-electron chi connectivity index (χ2n) is 5.58. The minimum Gasteiger partial charge on any atom is -0.299 e. The van der Waals surface area contributed by atoms with Gasteiger partial charge in [0.05, 0.1) is 5.41 Å². The summed E-state index contributed by atoms with van der Waals surface area (Å²) in [6.07, 6.45) is 1.70. The van der Waals surface area contributed by atoms with Crippen molar-refractivity contribution in [2.45, 2.75) is 40.0 Å². The smallest absolute Gasteiger partial charge is 0.250 e. The number of hydrogen-bond acceptors (Lipinski definition) is 3. The Kier molecular flexibility index (Phi) is 1.85. The second-order valence-corrected chi connectivity index (χ2v) is 5.58. The summed E-state index contributed by atoms with van der Waals surface area (Å²) in [5.74, 6) is -0.246. The average molecular weight is 211 g/mol. The lowest BCUT2D eigenvalue weighted by Gasteiger charge is -2.38. The van der Waals surface area contributed by atoms with Crippen molar-refractivity contribution in [1.29, 1.82) is 0 Å². The van der Waals surface area contributed by atoms with Gasteiger partial charge in [-0.2, -0.15) is 0 Å². The molecule has 2 bridgehead atoms. The number of Topliss-reactive ketones (excluding diaryl/α,β-unsaturated/α-hetero) is 1. The molecule has 0 unspecified atom stereocenters. The standard InChI is InChI=1S/C11H17NO3/c1-9(2)10(3)4-5-11(9,6-7(10)13)8(14)12-15/h15H,4-6H2,1-3H3,(H,12,14)/t10-,11+/m1/s1. The van der Waals surface area contributed by atoms with E-state index in [1.54, 1.807) is 5.48 Å². The molecule has 0 aromatic heterocycles. The van der Waals surface area contributed by atoms with Crippen molar-refractivity contribution in [3.05, 3.63) is 0 Å². The summed E-state index contributed by atoms with van der Waals surface area (Å²) >= 11 is 0. The summed E-state index contributed by atoms with van der Waals surface area (Å²) in [6.45, 7) is 5.86. The van der Waals surface area contributed by atoms with E-state index in [0.29, 0.717) is 6.42 Å². The van der Waals surface area contributed by atoms with Crippen LogP contribution in [0.4, 0.5) is 0 Å². The van der Waals surface area contributed by atoms with Crippen LogP contribution in [0.3, 0.4) is 0 Å². The van der Waals surface area contributed by atoms with E-state index in [9.17, 15) is 9.59 Å². The van der Waals surface area contributed by atoms with Gasteiger partial charge in [0.25, 0.3) is 5.91 Å². The molecular formula is C11H17NO3. The normalized spacial score (nSPS) is 42.0. The third kappa shape index (κ3) is 0.869. The van der Waals surface area contributed by atoms with Crippen LogP contribution >= 0.6 is 0 Å². The number of rotatable bonds is 1. The fraction of sp³-hybridized carbons (Fsp3) is 0.818. The van der Waals surface area contributed by atoms with E-state index in [1.165, 1.54) is 0 Å². The van der Waals surface area contributed by atoms with Crippen LogP contribution in [0.5, 0.6) is 0 Å². The molecule has 2 aliphatic rings. The highest BCUT2D eigenvalue weighted by Gasteiger charge is 2.72. The minimum atomic E-state index is -0.701. The largest absolute Gasteiger partial charge is 0.299 e. The van der Waals surface area contributed by atoms with Gasteiger partial charge in [0.1, 0.15) is 5.78 Å². The zero-order valence-electron chi connectivity index (χ0n) is 9.39. The third-order valence-corrected chi connectivity index (χ3v) is 5.24. The number of amides is 1. The van der Waals surface area contributed by atoms with Gasteiger partial charge in [-0.05, 0) is 18.3 Å². The topological polar surface area (TPSA) is 66.4 Å². The lowest BCUT2D eigenvalue weighted by Crippen LogP contribution is -2.45. The number of hydroxylamine groups is 1. The lowest BCUT2D eigenvalue weighted by molar-refractivity contribution is -0.145. The number of ketones is 1. The quantitative estimate of drug-likeness (QED) is 0.507. The first-order valence-corrected chi connectivity index (χ1v) is 5.30. The van der Waals surface area contributed by atoms with Gasteiger partial charge < -0.3 is 0 Å². The Morgan fingerprint density at radius 3 is 2.27 bits per heavy atom. The minimum absolute atomic E-state index is 0.155. The summed E-state index contributed by atoms with van der Waals surface area (Å²) in [7, 11) is 0. The highest BCUT2D eigenvalue weighted by molar-refractivity contribution is 5.99. The van der Waals surface area contributed by atoms with E-state index in [-0.39, 0.29) is 17.6 Å². The second kappa shape index (κ2) is 2.61. The van der Waals surface area contributed by atoms with Gasteiger partial charge in [0, 0.05) is 11.8 Å². The van der Waals surface area contributed by atoms with Crippen LogP contribution in [0.1, 0.15) is 40.0 Å². The van der Waals surface area contributed by atoms with E-state index in [2.05, 4.69) is 0 Å². The Labute approximate surface area is 89.0 Å². The van der Waals surface area contributed by atoms with Crippen molar-refractivity contribution in [1.82, 2.24) is 5.48 Å². The summed E-state index contributed by atoms with van der Waals surface area (Å²) in [4.78, 5) is 23.7. The van der Waals surface area contributed by atoms with Gasteiger partial charge >= 0.3 is 0 Å². The molecule has 2 fully saturated rings. The zero-order chi connectivity index (χ0) is 11.5. The molecule has 1 amide bonds. The van der Waals surface area contributed by atoms with Crippen molar-refractivity contribution < 1.29 is 14.8 Å². The van der Waals surface area contributed by atoms with E-state index < -0.39 is 16.7 Å². The SMILES string of the molecule is CC1(C)[C@@]2(C(=O)NO)CC[C@]1(C)C(=O)C2. The van der Waals surface area contributed by atoms with Crippen molar-refractivity contribution in [3.63, 3.8) is 0 Å². The number of fused-ring (bicyclic) bond motifs is 2. The van der Waals surface area contributed by atoms with Crippen molar-refractivity contribution in [2.75, 3.05) is 0 Å². The first-order chi connectivity index (χ1) is 6.82. The molecule has 2 atom stereocenters. The van der Waals surface area contributed by atoms with E-state index in [4.69, 9.17) is 5.21 Å². The molecule has 4 heteroatoms. The third-order valence-electron chi connectivity index (χ3n) is 5.24. The molecule has 0 heterocycles. The molecule has 2 N–H and O–H groups in total. The maximum Gasteiger partial charge on any atom is 0.250 e. The van der Waals surface area contributed by atoms with Crippen LogP contribution < -0.4 is 5.48 Å². The van der Waals surface area contributed by atoms with Crippen LogP contribution in [-0.4, -0.2) is 16.9 Å². The van der Waals surface area contributed by atoms with Gasteiger partial charge in [0.15, 0.2) is 0 Å². The van der Waals surface area contributed by atoms with Crippen LogP contribution in [-0.2, 0) is 9.59 Å². The Morgan fingerprint density at radius 2 is 1.93 bits per heavy atom. The van der Waals surface area contributed by atoms with Gasteiger partial charge in [0.2, 0.25) is 0 Å². The molecule has 2 rings (SSSR count). The highest BCUT2D eigenvalue weighted by atomic mass is 16.5. The molecule has 0 saturated heterocycles. The zero-order valence-corrected chi connectivity index (χ0v) is 9.39. The van der Waals surface area contributed by atoms with E-state index >= 15 is 0 Å². The summed E-state index contributed by atoms with van der Waals surface area (Å²) < 4.78 is 0. The fourth-order valence-electron chi connectivity index (χ4n) is 3.47. The van der Waals surface area contributed by atoms with Crippen molar-refractivity contribution in [2.24, 2.45) is 16.2 Å². The lowest BCUT2D eigenvalue weighted by atomic mass is 9.64. The Balaban J connectivity index is 2.54. The summed E-state index contributed by atoms with van der Waals surface area (Å²) in [5.41, 5.74) is 0.252.